The van der Waals surface area contributed by atoms with Gasteiger partial charge in [0.25, 0.3) is 0 Å². The number of hydrogen-bond donors (Lipinski definition) is 1. The van der Waals surface area contributed by atoms with Crippen LogP contribution in [0.2, 0.25) is 0 Å². The summed E-state index contributed by atoms with van der Waals surface area (Å²) in [6.07, 6.45) is 0. The van der Waals surface area contributed by atoms with Crippen LogP contribution in [-0.4, -0.2) is 20.4 Å². The number of nitrogens with zero attached hydrogens (tertiary/aromatic N) is 2. The van der Waals surface area contributed by atoms with Gasteiger partial charge in [0.15, 0.2) is 4.34 Å². The average molecular weight is 372 g/mol. The van der Waals surface area contributed by atoms with Gasteiger partial charge in [-0.05, 0) is 19.4 Å². The molecule has 0 aliphatic carbocycles. The van der Waals surface area contributed by atoms with Crippen LogP contribution in [0.4, 0.5) is 5.13 Å². The number of anilines is 1. The van der Waals surface area contributed by atoms with Crippen LogP contribution in [0, 0.1) is 0 Å². The van der Waals surface area contributed by atoms with E-state index in [1.807, 2.05) is 18.2 Å². The van der Waals surface area contributed by atoms with Crippen LogP contribution in [0.5, 0.6) is 0 Å². The van der Waals surface area contributed by atoms with Crippen LogP contribution in [0.3, 0.4) is 0 Å². The normalized spacial score (nSPS) is 11.3. The van der Waals surface area contributed by atoms with Crippen molar-refractivity contribution in [1.29, 1.82) is 0 Å². The summed E-state index contributed by atoms with van der Waals surface area (Å²) in [4.78, 5) is 11.8. The zero-order chi connectivity index (χ0) is 14.6. The van der Waals surface area contributed by atoms with Gasteiger partial charge in [0, 0.05) is 5.75 Å². The standard InChI is InChI=1S/C13H14BrN3OS2/c1-13(2,14)10(18)15-11-16-17-12(20-11)19-8-9-6-4-3-5-7-9/h3-7H,8H2,1-2H3,(H,15,16,18). The Morgan fingerprint density at radius 1 is 1.35 bits per heavy atom. The highest BCUT2D eigenvalue weighted by Crippen LogP contribution is 2.29. The van der Waals surface area contributed by atoms with E-state index in [1.165, 1.54) is 16.9 Å². The molecule has 1 aromatic carbocycles. The van der Waals surface area contributed by atoms with E-state index in [9.17, 15) is 4.79 Å². The number of carbonyl (C=O) groups excluding carboxylic acids is 1. The molecule has 1 amide bonds. The molecule has 20 heavy (non-hydrogen) atoms. The van der Waals surface area contributed by atoms with Crippen LogP contribution in [0.25, 0.3) is 0 Å². The molecule has 0 saturated heterocycles. The fourth-order valence-corrected chi connectivity index (χ4v) is 3.09. The first-order valence-corrected chi connectivity index (χ1v) is 8.55. The molecule has 0 fully saturated rings. The molecule has 0 radical (unpaired) electrons. The first-order chi connectivity index (χ1) is 9.45. The smallest absolute Gasteiger partial charge is 0.242 e. The highest BCUT2D eigenvalue weighted by Gasteiger charge is 2.24. The number of nitrogens with one attached hydrogen (secondary N) is 1. The molecule has 0 saturated carbocycles. The third kappa shape index (κ3) is 4.57. The van der Waals surface area contributed by atoms with Crippen molar-refractivity contribution in [3.05, 3.63) is 35.9 Å². The fourth-order valence-electron chi connectivity index (χ4n) is 1.28. The third-order valence-electron chi connectivity index (χ3n) is 2.37. The molecule has 0 aliphatic heterocycles. The molecule has 1 aromatic heterocycles. The van der Waals surface area contributed by atoms with E-state index in [1.54, 1.807) is 25.6 Å². The first-order valence-electron chi connectivity index (χ1n) is 5.96. The zero-order valence-electron chi connectivity index (χ0n) is 11.1. The van der Waals surface area contributed by atoms with Gasteiger partial charge in [0.2, 0.25) is 11.0 Å². The Hall–Kier alpha value is -0.920. The lowest BCUT2D eigenvalue weighted by molar-refractivity contribution is -0.117. The number of carbonyl (C=O) groups is 1. The minimum atomic E-state index is -0.615. The van der Waals surface area contributed by atoms with Gasteiger partial charge in [-0.3, -0.25) is 10.1 Å². The lowest BCUT2D eigenvalue weighted by Crippen LogP contribution is -2.30. The van der Waals surface area contributed by atoms with Crippen LogP contribution in [-0.2, 0) is 10.5 Å². The van der Waals surface area contributed by atoms with Gasteiger partial charge in [-0.2, -0.15) is 0 Å². The molecule has 1 heterocycles. The van der Waals surface area contributed by atoms with Crippen molar-refractivity contribution in [3.8, 4) is 0 Å². The summed E-state index contributed by atoms with van der Waals surface area (Å²) in [7, 11) is 0. The summed E-state index contributed by atoms with van der Waals surface area (Å²) in [5, 5.41) is 11.3. The van der Waals surface area contributed by atoms with E-state index >= 15 is 0 Å². The second-order valence-electron chi connectivity index (χ2n) is 4.57. The molecule has 0 atom stereocenters. The van der Waals surface area contributed by atoms with Crippen molar-refractivity contribution in [2.45, 2.75) is 28.3 Å². The molecular weight excluding hydrogens is 358 g/mol. The predicted octanol–water partition coefficient (Wildman–Crippen LogP) is 3.94. The predicted molar refractivity (Wildman–Crippen MR) is 87.5 cm³/mol. The Labute approximate surface area is 134 Å². The van der Waals surface area contributed by atoms with Crippen molar-refractivity contribution < 1.29 is 4.79 Å². The van der Waals surface area contributed by atoms with Crippen molar-refractivity contribution >= 4 is 50.1 Å². The minimum absolute atomic E-state index is 0.131. The molecular formula is C13H14BrN3OS2. The summed E-state index contributed by atoms with van der Waals surface area (Å²) in [6.45, 7) is 3.57. The number of halogens is 1. The number of thioether (sulfide) groups is 1. The first kappa shape index (κ1) is 15.5. The summed E-state index contributed by atoms with van der Waals surface area (Å²) in [5.41, 5.74) is 1.24. The monoisotopic (exact) mass is 371 g/mol. The van der Waals surface area contributed by atoms with Gasteiger partial charge >= 0.3 is 0 Å². The molecule has 7 heteroatoms. The van der Waals surface area contributed by atoms with Crippen molar-refractivity contribution in [2.75, 3.05) is 5.32 Å². The maximum atomic E-state index is 11.8. The minimum Gasteiger partial charge on any atom is -0.299 e. The van der Waals surface area contributed by atoms with E-state index < -0.39 is 4.32 Å². The Morgan fingerprint density at radius 3 is 2.70 bits per heavy atom. The van der Waals surface area contributed by atoms with E-state index in [-0.39, 0.29) is 5.91 Å². The second kappa shape index (κ2) is 6.69. The van der Waals surface area contributed by atoms with Crippen LogP contribution in [0.1, 0.15) is 19.4 Å². The van der Waals surface area contributed by atoms with E-state index in [2.05, 4.69) is 43.6 Å². The van der Waals surface area contributed by atoms with Crippen LogP contribution < -0.4 is 5.32 Å². The highest BCUT2D eigenvalue weighted by molar-refractivity contribution is 9.10. The van der Waals surface area contributed by atoms with Crippen LogP contribution >= 0.6 is 39.0 Å². The number of hydrogen-bond acceptors (Lipinski definition) is 5. The van der Waals surface area contributed by atoms with Gasteiger partial charge in [-0.15, -0.1) is 10.2 Å². The van der Waals surface area contributed by atoms with E-state index in [4.69, 9.17) is 0 Å². The van der Waals surface area contributed by atoms with Crippen molar-refractivity contribution in [3.63, 3.8) is 0 Å². The van der Waals surface area contributed by atoms with Gasteiger partial charge in [0.05, 0.1) is 4.32 Å². The number of rotatable bonds is 5. The van der Waals surface area contributed by atoms with Gasteiger partial charge in [-0.25, -0.2) is 0 Å². The molecule has 0 aliphatic rings. The number of amides is 1. The topological polar surface area (TPSA) is 54.9 Å². The Balaban J connectivity index is 1.91. The summed E-state index contributed by atoms with van der Waals surface area (Å²) in [6, 6.07) is 10.2. The summed E-state index contributed by atoms with van der Waals surface area (Å²) < 4.78 is 0.229. The maximum Gasteiger partial charge on any atom is 0.242 e. The maximum absolute atomic E-state index is 11.8. The highest BCUT2D eigenvalue weighted by atomic mass is 79.9. The summed E-state index contributed by atoms with van der Waals surface area (Å²) in [5.74, 6) is 0.709. The molecule has 2 aromatic rings. The molecule has 4 nitrogen and oxygen atoms in total. The second-order valence-corrected chi connectivity index (χ2v) is 8.76. The molecule has 1 N–H and O–H groups in total. The van der Waals surface area contributed by atoms with Crippen LogP contribution in [0.15, 0.2) is 34.7 Å². The van der Waals surface area contributed by atoms with E-state index in [0.29, 0.717) is 5.13 Å². The van der Waals surface area contributed by atoms with Gasteiger partial charge in [-0.1, -0.05) is 69.4 Å². The van der Waals surface area contributed by atoms with Crippen molar-refractivity contribution in [1.82, 2.24) is 10.2 Å². The lowest BCUT2D eigenvalue weighted by Gasteiger charge is -2.13. The average Bonchev–Trinajstić information content (AvgIpc) is 2.84. The number of alkyl halides is 1. The van der Waals surface area contributed by atoms with Gasteiger partial charge in [0.1, 0.15) is 0 Å². The molecule has 0 spiro atoms. The Bertz CT molecular complexity index is 581. The largest absolute Gasteiger partial charge is 0.299 e. The third-order valence-corrected chi connectivity index (χ3v) is 4.78. The quantitative estimate of drug-likeness (QED) is 0.491. The number of benzene rings is 1. The molecule has 2 rings (SSSR count). The Kier molecular flexibility index (Phi) is 5.17. The van der Waals surface area contributed by atoms with E-state index in [0.717, 1.165) is 10.1 Å². The SMILES string of the molecule is CC(C)(Br)C(=O)Nc1nnc(SCc2ccccc2)s1. The molecule has 106 valence electrons. The van der Waals surface area contributed by atoms with Crippen molar-refractivity contribution in [2.24, 2.45) is 0 Å². The molecule has 0 unspecified atom stereocenters. The zero-order valence-corrected chi connectivity index (χ0v) is 14.3. The lowest BCUT2D eigenvalue weighted by atomic mass is 10.2. The summed E-state index contributed by atoms with van der Waals surface area (Å²) >= 11 is 6.30. The fraction of sp³-hybridized carbons (Fsp3) is 0.308. The number of aromatic nitrogens is 2. The molecule has 0 bridgehead atoms. The Morgan fingerprint density at radius 2 is 2.05 bits per heavy atom. The van der Waals surface area contributed by atoms with Gasteiger partial charge < -0.3 is 0 Å².